The van der Waals surface area contributed by atoms with E-state index in [9.17, 15) is 4.79 Å². The van der Waals surface area contributed by atoms with Gasteiger partial charge in [0.25, 0.3) is 0 Å². The summed E-state index contributed by atoms with van der Waals surface area (Å²) in [6.07, 6.45) is 2.46. The first-order chi connectivity index (χ1) is 9.27. The highest BCUT2D eigenvalue weighted by Gasteiger charge is 2.39. The number of rotatable bonds is 5. The van der Waals surface area contributed by atoms with Gasteiger partial charge in [-0.1, -0.05) is 30.3 Å². The maximum Gasteiger partial charge on any atom is 0.226 e. The normalized spacial score (nSPS) is 17.9. The Kier molecular flexibility index (Phi) is 4.93. The standard InChI is InChI=1S/C15H22N2O2/c18-11-10-17-14(19)15(6-8-16-9-7-15)12-13-4-2-1-3-5-13/h1-5,16,18H,6-12H2,(H,17,19). The van der Waals surface area contributed by atoms with E-state index in [-0.39, 0.29) is 17.9 Å². The third kappa shape index (κ3) is 3.55. The molecule has 1 aromatic rings. The summed E-state index contributed by atoms with van der Waals surface area (Å²) in [6, 6.07) is 10.2. The van der Waals surface area contributed by atoms with Gasteiger partial charge in [-0.05, 0) is 37.9 Å². The molecular formula is C15H22N2O2. The molecule has 0 spiro atoms. The second-order valence-electron chi connectivity index (χ2n) is 5.17. The fraction of sp³-hybridized carbons (Fsp3) is 0.533. The van der Waals surface area contributed by atoms with Crippen LogP contribution < -0.4 is 10.6 Å². The van der Waals surface area contributed by atoms with Crippen molar-refractivity contribution < 1.29 is 9.90 Å². The van der Waals surface area contributed by atoms with Gasteiger partial charge in [-0.25, -0.2) is 0 Å². The van der Waals surface area contributed by atoms with Crippen molar-refractivity contribution in [2.75, 3.05) is 26.2 Å². The molecule has 3 N–H and O–H groups in total. The molecule has 0 aromatic heterocycles. The van der Waals surface area contributed by atoms with Crippen molar-refractivity contribution in [3.05, 3.63) is 35.9 Å². The molecular weight excluding hydrogens is 240 g/mol. The number of hydrogen-bond acceptors (Lipinski definition) is 3. The molecule has 1 aliphatic rings. The molecule has 0 bridgehead atoms. The van der Waals surface area contributed by atoms with E-state index in [1.807, 2.05) is 18.2 Å². The van der Waals surface area contributed by atoms with E-state index < -0.39 is 0 Å². The van der Waals surface area contributed by atoms with Crippen molar-refractivity contribution in [3.8, 4) is 0 Å². The van der Waals surface area contributed by atoms with Gasteiger partial charge in [0.05, 0.1) is 12.0 Å². The number of piperidine rings is 1. The summed E-state index contributed by atoms with van der Waals surface area (Å²) < 4.78 is 0. The van der Waals surface area contributed by atoms with E-state index in [1.54, 1.807) is 0 Å². The second kappa shape index (κ2) is 6.68. The van der Waals surface area contributed by atoms with Crippen LogP contribution in [-0.2, 0) is 11.2 Å². The molecule has 0 radical (unpaired) electrons. The predicted octanol–water partition coefficient (Wildman–Crippen LogP) is 0.707. The van der Waals surface area contributed by atoms with Crippen LogP contribution in [0, 0.1) is 5.41 Å². The summed E-state index contributed by atoms with van der Waals surface area (Å²) in [5, 5.41) is 15.0. The van der Waals surface area contributed by atoms with Crippen molar-refractivity contribution in [2.24, 2.45) is 5.41 Å². The molecule has 0 aliphatic carbocycles. The van der Waals surface area contributed by atoms with Crippen LogP contribution >= 0.6 is 0 Å². The number of benzene rings is 1. The Hall–Kier alpha value is -1.39. The summed E-state index contributed by atoms with van der Waals surface area (Å²) in [5.74, 6) is 0.0758. The summed E-state index contributed by atoms with van der Waals surface area (Å²) in [7, 11) is 0. The van der Waals surface area contributed by atoms with Crippen LogP contribution in [0.15, 0.2) is 30.3 Å². The molecule has 0 saturated carbocycles. The number of amides is 1. The summed E-state index contributed by atoms with van der Waals surface area (Å²) >= 11 is 0. The summed E-state index contributed by atoms with van der Waals surface area (Å²) in [6.45, 7) is 2.08. The van der Waals surface area contributed by atoms with Crippen molar-refractivity contribution in [3.63, 3.8) is 0 Å². The average Bonchev–Trinajstić information content (AvgIpc) is 2.46. The summed E-state index contributed by atoms with van der Waals surface area (Å²) in [4.78, 5) is 12.4. The van der Waals surface area contributed by atoms with Gasteiger partial charge in [0.15, 0.2) is 0 Å². The van der Waals surface area contributed by atoms with Crippen molar-refractivity contribution in [1.82, 2.24) is 10.6 Å². The molecule has 104 valence electrons. The highest BCUT2D eigenvalue weighted by atomic mass is 16.3. The van der Waals surface area contributed by atoms with E-state index >= 15 is 0 Å². The molecule has 1 aliphatic heterocycles. The molecule has 1 heterocycles. The summed E-state index contributed by atoms with van der Waals surface area (Å²) in [5.41, 5.74) is 0.866. The monoisotopic (exact) mass is 262 g/mol. The quantitative estimate of drug-likeness (QED) is 0.732. The molecule has 1 fully saturated rings. The van der Waals surface area contributed by atoms with E-state index in [2.05, 4.69) is 22.8 Å². The lowest BCUT2D eigenvalue weighted by Crippen LogP contribution is -2.49. The lowest BCUT2D eigenvalue weighted by Gasteiger charge is -2.36. The highest BCUT2D eigenvalue weighted by Crippen LogP contribution is 2.33. The van der Waals surface area contributed by atoms with Gasteiger partial charge in [0, 0.05) is 6.54 Å². The number of aliphatic hydroxyl groups is 1. The average molecular weight is 262 g/mol. The van der Waals surface area contributed by atoms with Crippen molar-refractivity contribution >= 4 is 5.91 Å². The van der Waals surface area contributed by atoms with Gasteiger partial charge < -0.3 is 15.7 Å². The van der Waals surface area contributed by atoms with E-state index in [4.69, 9.17) is 5.11 Å². The first-order valence-corrected chi connectivity index (χ1v) is 6.91. The van der Waals surface area contributed by atoms with Crippen LogP contribution in [-0.4, -0.2) is 37.3 Å². The van der Waals surface area contributed by atoms with E-state index in [0.29, 0.717) is 6.54 Å². The van der Waals surface area contributed by atoms with Gasteiger partial charge in [-0.2, -0.15) is 0 Å². The van der Waals surface area contributed by atoms with Crippen molar-refractivity contribution in [1.29, 1.82) is 0 Å². The van der Waals surface area contributed by atoms with Crippen LogP contribution in [0.5, 0.6) is 0 Å². The molecule has 1 amide bonds. The molecule has 0 atom stereocenters. The third-order valence-corrected chi connectivity index (χ3v) is 3.83. The largest absolute Gasteiger partial charge is 0.395 e. The van der Waals surface area contributed by atoms with Crippen LogP contribution in [0.25, 0.3) is 0 Å². The number of nitrogens with one attached hydrogen (secondary N) is 2. The minimum Gasteiger partial charge on any atom is -0.395 e. The minimum absolute atomic E-state index is 0.00852. The Morgan fingerprint density at radius 2 is 1.95 bits per heavy atom. The smallest absolute Gasteiger partial charge is 0.226 e. The maximum atomic E-state index is 12.4. The fourth-order valence-electron chi connectivity index (χ4n) is 2.73. The molecule has 2 rings (SSSR count). The molecule has 4 heteroatoms. The van der Waals surface area contributed by atoms with Crippen LogP contribution in [0.4, 0.5) is 0 Å². The topological polar surface area (TPSA) is 61.4 Å². The van der Waals surface area contributed by atoms with Gasteiger partial charge in [-0.15, -0.1) is 0 Å². The van der Waals surface area contributed by atoms with Crippen LogP contribution in [0.3, 0.4) is 0 Å². The van der Waals surface area contributed by atoms with Crippen LogP contribution in [0.1, 0.15) is 18.4 Å². The van der Waals surface area contributed by atoms with Gasteiger partial charge >= 0.3 is 0 Å². The maximum absolute atomic E-state index is 12.4. The number of carbonyl (C=O) groups excluding carboxylic acids is 1. The zero-order chi connectivity index (χ0) is 13.6. The Labute approximate surface area is 114 Å². The predicted molar refractivity (Wildman–Crippen MR) is 74.8 cm³/mol. The number of carbonyl (C=O) groups is 1. The fourth-order valence-corrected chi connectivity index (χ4v) is 2.73. The number of aliphatic hydroxyl groups excluding tert-OH is 1. The zero-order valence-corrected chi connectivity index (χ0v) is 11.2. The first-order valence-electron chi connectivity index (χ1n) is 6.91. The SMILES string of the molecule is O=C(NCCO)C1(Cc2ccccc2)CCNCC1. The van der Waals surface area contributed by atoms with Crippen LogP contribution in [0.2, 0.25) is 0 Å². The molecule has 4 nitrogen and oxygen atoms in total. The molecule has 19 heavy (non-hydrogen) atoms. The minimum atomic E-state index is -0.332. The first kappa shape index (κ1) is 14.0. The third-order valence-electron chi connectivity index (χ3n) is 3.83. The number of hydrogen-bond donors (Lipinski definition) is 3. The molecule has 1 aromatic carbocycles. The van der Waals surface area contributed by atoms with Gasteiger partial charge in [0.1, 0.15) is 0 Å². The molecule has 1 saturated heterocycles. The second-order valence-corrected chi connectivity index (χ2v) is 5.17. The van der Waals surface area contributed by atoms with Crippen molar-refractivity contribution in [2.45, 2.75) is 19.3 Å². The Morgan fingerprint density at radius 1 is 1.26 bits per heavy atom. The van der Waals surface area contributed by atoms with Gasteiger partial charge in [0.2, 0.25) is 5.91 Å². The lowest BCUT2D eigenvalue weighted by atomic mass is 9.73. The zero-order valence-electron chi connectivity index (χ0n) is 11.2. The van der Waals surface area contributed by atoms with Gasteiger partial charge in [-0.3, -0.25) is 4.79 Å². The molecule has 0 unspecified atom stereocenters. The Bertz CT molecular complexity index is 400. The van der Waals surface area contributed by atoms with E-state index in [1.165, 1.54) is 5.56 Å². The Morgan fingerprint density at radius 3 is 2.58 bits per heavy atom. The van der Waals surface area contributed by atoms with E-state index in [0.717, 1.165) is 32.4 Å². The lowest BCUT2D eigenvalue weighted by molar-refractivity contribution is -0.132. The highest BCUT2D eigenvalue weighted by molar-refractivity contribution is 5.83. The Balaban J connectivity index is 2.12.